The van der Waals surface area contributed by atoms with Crippen LogP contribution in [0.4, 0.5) is 0 Å². The van der Waals surface area contributed by atoms with Gasteiger partial charge in [0.05, 0.1) is 49.3 Å². The molecule has 1 aliphatic rings. The van der Waals surface area contributed by atoms with E-state index < -0.39 is 18.0 Å². The number of ether oxygens (including phenoxy) is 5. The molecule has 0 bridgehead atoms. The van der Waals surface area contributed by atoms with Crippen LogP contribution in [0.3, 0.4) is 0 Å². The minimum absolute atomic E-state index is 0.114. The van der Waals surface area contributed by atoms with Crippen LogP contribution in [0.25, 0.3) is 6.08 Å². The van der Waals surface area contributed by atoms with Gasteiger partial charge >= 0.3 is 11.9 Å². The van der Waals surface area contributed by atoms with Gasteiger partial charge in [0.25, 0.3) is 5.56 Å². The average Bonchev–Trinajstić information content (AvgIpc) is 3.29. The molecule has 0 radical (unpaired) electrons. The number of esters is 2. The molecule has 0 fully saturated rings. The number of hydrogen-bond acceptors (Lipinski definition) is 10. The molecule has 1 aliphatic heterocycles. The first kappa shape index (κ1) is 32.5. The SMILES string of the molecule is CCCCOc1ccc(/C=c2/sc3n(c2=O)C(c2ccc(OC(C)=O)c(OC)c2)C(C(=O)OCC(C)C)=C(C)N=3)cc1OC. The Balaban J connectivity index is 1.86. The number of carbonyl (C=O) groups excluding carboxylic acids is 2. The number of hydrogen-bond donors (Lipinski definition) is 0. The molecule has 10 nitrogen and oxygen atoms in total. The molecule has 0 saturated heterocycles. The quantitative estimate of drug-likeness (QED) is 0.164. The van der Waals surface area contributed by atoms with Crippen molar-refractivity contribution in [3.63, 3.8) is 0 Å². The summed E-state index contributed by atoms with van der Waals surface area (Å²) in [7, 11) is 3.02. The molecule has 0 amide bonds. The Hall–Kier alpha value is -4.38. The number of benzene rings is 2. The van der Waals surface area contributed by atoms with Crippen LogP contribution >= 0.6 is 11.3 Å². The van der Waals surface area contributed by atoms with Gasteiger partial charge in [-0.2, -0.15) is 0 Å². The van der Waals surface area contributed by atoms with Crippen molar-refractivity contribution in [3.05, 3.63) is 78.5 Å². The number of carbonyl (C=O) groups is 2. The van der Waals surface area contributed by atoms with Crippen molar-refractivity contribution in [1.29, 1.82) is 0 Å². The molecule has 0 N–H and O–H groups in total. The van der Waals surface area contributed by atoms with Crippen LogP contribution in [-0.4, -0.2) is 43.9 Å². The molecule has 3 aromatic rings. The summed E-state index contributed by atoms with van der Waals surface area (Å²) in [6, 6.07) is 9.55. The number of unbranched alkanes of at least 4 members (excludes halogenated alkanes) is 1. The van der Waals surface area contributed by atoms with Crippen molar-refractivity contribution in [2.75, 3.05) is 27.4 Å². The molecule has 0 saturated carbocycles. The average molecular weight is 623 g/mol. The van der Waals surface area contributed by atoms with E-state index in [0.717, 1.165) is 18.4 Å². The fourth-order valence-corrected chi connectivity index (χ4v) is 5.73. The fourth-order valence-electron chi connectivity index (χ4n) is 4.68. The van der Waals surface area contributed by atoms with Crippen molar-refractivity contribution in [1.82, 2.24) is 4.57 Å². The Bertz CT molecular complexity index is 1750. The Kier molecular flexibility index (Phi) is 10.6. The number of nitrogens with zero attached hydrogens (tertiary/aromatic N) is 2. The number of rotatable bonds is 12. The van der Waals surface area contributed by atoms with E-state index in [0.29, 0.717) is 38.7 Å². The lowest BCUT2D eigenvalue weighted by Gasteiger charge is -2.25. The van der Waals surface area contributed by atoms with Crippen LogP contribution in [0.1, 0.15) is 64.6 Å². The molecule has 1 atom stereocenters. The summed E-state index contributed by atoms with van der Waals surface area (Å²) in [6.07, 6.45) is 3.71. The van der Waals surface area contributed by atoms with Crippen molar-refractivity contribution >= 4 is 29.4 Å². The smallest absolute Gasteiger partial charge is 0.338 e. The minimum atomic E-state index is -0.864. The van der Waals surface area contributed by atoms with Gasteiger partial charge in [-0.25, -0.2) is 9.79 Å². The lowest BCUT2D eigenvalue weighted by atomic mass is 9.95. The molecular weight excluding hydrogens is 584 g/mol. The Morgan fingerprint density at radius 2 is 1.75 bits per heavy atom. The molecule has 234 valence electrons. The standard InChI is InChI=1S/C33H38N2O8S/c1-8-9-14-41-24-12-10-22(15-26(24)39-6)16-28-31(37)35-30(23-11-13-25(43-21(5)36)27(17-23)40-7)29(20(4)34-33(35)44-28)32(38)42-18-19(2)3/h10-13,15-17,19,30H,8-9,14,18H2,1-7H3/b28-16+. The van der Waals surface area contributed by atoms with Crippen LogP contribution in [0.5, 0.6) is 23.0 Å². The molecule has 2 aromatic carbocycles. The maximum absolute atomic E-state index is 14.1. The summed E-state index contributed by atoms with van der Waals surface area (Å²) in [6.45, 7) is 9.79. The molecule has 44 heavy (non-hydrogen) atoms. The highest BCUT2D eigenvalue weighted by atomic mass is 32.1. The van der Waals surface area contributed by atoms with Gasteiger partial charge in [-0.05, 0) is 60.7 Å². The van der Waals surface area contributed by atoms with Gasteiger partial charge in [-0.15, -0.1) is 0 Å². The third-order valence-corrected chi connectivity index (χ3v) is 7.77. The number of thiazole rings is 1. The maximum Gasteiger partial charge on any atom is 0.338 e. The van der Waals surface area contributed by atoms with Crippen LogP contribution in [-0.2, 0) is 14.3 Å². The van der Waals surface area contributed by atoms with E-state index in [1.54, 1.807) is 38.3 Å². The van der Waals surface area contributed by atoms with Crippen LogP contribution in [0, 0.1) is 5.92 Å². The summed E-state index contributed by atoms with van der Waals surface area (Å²) < 4.78 is 29.7. The van der Waals surface area contributed by atoms with E-state index in [9.17, 15) is 14.4 Å². The molecule has 0 aliphatic carbocycles. The summed E-state index contributed by atoms with van der Waals surface area (Å²) >= 11 is 1.22. The molecule has 1 unspecified atom stereocenters. The number of fused-ring (bicyclic) bond motifs is 1. The lowest BCUT2D eigenvalue weighted by Crippen LogP contribution is -2.40. The zero-order valence-electron chi connectivity index (χ0n) is 26.1. The first-order chi connectivity index (χ1) is 21.1. The minimum Gasteiger partial charge on any atom is -0.493 e. The molecule has 11 heteroatoms. The van der Waals surface area contributed by atoms with E-state index in [1.807, 2.05) is 32.0 Å². The Morgan fingerprint density at radius 3 is 2.41 bits per heavy atom. The topological polar surface area (TPSA) is 115 Å². The van der Waals surface area contributed by atoms with E-state index in [4.69, 9.17) is 23.7 Å². The first-order valence-electron chi connectivity index (χ1n) is 14.4. The maximum atomic E-state index is 14.1. The van der Waals surface area contributed by atoms with Gasteiger partial charge in [0.2, 0.25) is 0 Å². The third kappa shape index (κ3) is 7.21. The number of aromatic nitrogens is 1. The fraction of sp³-hybridized carbons (Fsp3) is 0.394. The van der Waals surface area contributed by atoms with E-state index in [1.165, 1.54) is 29.9 Å². The molecule has 2 heterocycles. The molecule has 4 rings (SSSR count). The predicted octanol–water partition coefficient (Wildman–Crippen LogP) is 4.56. The van der Waals surface area contributed by atoms with Gasteiger partial charge in [0.15, 0.2) is 27.8 Å². The van der Waals surface area contributed by atoms with Gasteiger partial charge < -0.3 is 23.7 Å². The van der Waals surface area contributed by atoms with Crippen molar-refractivity contribution in [2.45, 2.75) is 53.5 Å². The number of methoxy groups -OCH3 is 2. The second kappa shape index (κ2) is 14.4. The molecule has 0 spiro atoms. The van der Waals surface area contributed by atoms with Gasteiger partial charge in [0.1, 0.15) is 0 Å². The largest absolute Gasteiger partial charge is 0.493 e. The third-order valence-electron chi connectivity index (χ3n) is 6.79. The second-order valence-corrected chi connectivity index (χ2v) is 11.7. The van der Waals surface area contributed by atoms with Crippen LogP contribution < -0.4 is 33.8 Å². The summed E-state index contributed by atoms with van der Waals surface area (Å²) in [5.74, 6) is 0.732. The predicted molar refractivity (Wildman–Crippen MR) is 167 cm³/mol. The van der Waals surface area contributed by atoms with E-state index in [-0.39, 0.29) is 35.2 Å². The normalized spacial score (nSPS) is 14.6. The van der Waals surface area contributed by atoms with Crippen LogP contribution in [0.2, 0.25) is 0 Å². The van der Waals surface area contributed by atoms with E-state index in [2.05, 4.69) is 11.9 Å². The van der Waals surface area contributed by atoms with Crippen molar-refractivity contribution in [3.8, 4) is 23.0 Å². The highest BCUT2D eigenvalue weighted by molar-refractivity contribution is 7.07. The van der Waals surface area contributed by atoms with Gasteiger partial charge in [0, 0.05) is 6.92 Å². The molecule has 1 aromatic heterocycles. The Labute approximate surface area is 260 Å². The summed E-state index contributed by atoms with van der Waals surface area (Å²) in [5, 5.41) is 0. The highest BCUT2D eigenvalue weighted by Gasteiger charge is 2.34. The monoisotopic (exact) mass is 622 g/mol. The van der Waals surface area contributed by atoms with Crippen molar-refractivity contribution in [2.24, 2.45) is 10.9 Å². The van der Waals surface area contributed by atoms with E-state index >= 15 is 0 Å². The zero-order valence-corrected chi connectivity index (χ0v) is 26.9. The first-order valence-corrected chi connectivity index (χ1v) is 15.3. The van der Waals surface area contributed by atoms with Crippen LogP contribution in [0.15, 0.2) is 57.5 Å². The molecular formula is C33H38N2O8S. The lowest BCUT2D eigenvalue weighted by molar-refractivity contribution is -0.140. The second-order valence-electron chi connectivity index (χ2n) is 10.7. The van der Waals surface area contributed by atoms with Crippen molar-refractivity contribution < 1.29 is 33.3 Å². The zero-order chi connectivity index (χ0) is 32.0. The highest BCUT2D eigenvalue weighted by Crippen LogP contribution is 2.36. The van der Waals surface area contributed by atoms with Gasteiger partial charge in [-0.3, -0.25) is 14.2 Å². The Morgan fingerprint density at radius 1 is 1.05 bits per heavy atom. The van der Waals surface area contributed by atoms with Gasteiger partial charge in [-0.1, -0.05) is 50.7 Å². The number of allylic oxidation sites excluding steroid dienone is 1. The summed E-state index contributed by atoms with van der Waals surface area (Å²) in [4.78, 5) is 44.3. The summed E-state index contributed by atoms with van der Waals surface area (Å²) in [5.41, 5.74) is 1.65.